The van der Waals surface area contributed by atoms with Crippen molar-refractivity contribution in [1.82, 2.24) is 4.90 Å². The first-order valence-electron chi connectivity index (χ1n) is 7.77. The van der Waals surface area contributed by atoms with Gasteiger partial charge in [-0.1, -0.05) is 19.9 Å². The van der Waals surface area contributed by atoms with E-state index in [1.54, 1.807) is 18.2 Å². The van der Waals surface area contributed by atoms with Crippen LogP contribution in [-0.4, -0.2) is 45.5 Å². The van der Waals surface area contributed by atoms with Crippen LogP contribution in [0.15, 0.2) is 23.1 Å². The van der Waals surface area contributed by atoms with Crippen molar-refractivity contribution in [3.63, 3.8) is 0 Å². The van der Waals surface area contributed by atoms with Crippen LogP contribution in [0.25, 0.3) is 0 Å². The SMILES string of the molecule is CCCN(CCC)CC1OCc2ccc(S(C)(=O)=O)cc2O1. The zero-order valence-corrected chi connectivity index (χ0v) is 14.4. The molecule has 5 nitrogen and oxygen atoms in total. The van der Waals surface area contributed by atoms with Crippen LogP contribution in [0.3, 0.4) is 0 Å². The van der Waals surface area contributed by atoms with Gasteiger partial charge in [0.2, 0.25) is 6.29 Å². The molecule has 1 aliphatic rings. The maximum absolute atomic E-state index is 11.7. The summed E-state index contributed by atoms with van der Waals surface area (Å²) in [5, 5.41) is 0. The topological polar surface area (TPSA) is 55.8 Å². The molecule has 1 aromatic carbocycles. The lowest BCUT2D eigenvalue weighted by Crippen LogP contribution is -2.39. The molecule has 2 rings (SSSR count). The lowest BCUT2D eigenvalue weighted by molar-refractivity contribution is -0.120. The normalized spacial score (nSPS) is 18.1. The third kappa shape index (κ3) is 4.44. The second kappa shape index (κ2) is 7.44. The quantitative estimate of drug-likeness (QED) is 0.770. The van der Waals surface area contributed by atoms with Crippen LogP contribution in [0.5, 0.6) is 5.75 Å². The number of rotatable bonds is 7. The maximum Gasteiger partial charge on any atom is 0.213 e. The highest BCUT2D eigenvalue weighted by Crippen LogP contribution is 2.29. The minimum atomic E-state index is -3.23. The van der Waals surface area contributed by atoms with Crippen molar-refractivity contribution in [2.75, 3.05) is 25.9 Å². The molecule has 1 heterocycles. The summed E-state index contributed by atoms with van der Waals surface area (Å²) in [6.07, 6.45) is 3.03. The largest absolute Gasteiger partial charge is 0.463 e. The highest BCUT2D eigenvalue weighted by molar-refractivity contribution is 7.90. The number of fused-ring (bicyclic) bond motifs is 1. The minimum Gasteiger partial charge on any atom is -0.463 e. The summed E-state index contributed by atoms with van der Waals surface area (Å²) < 4.78 is 34.9. The molecule has 0 fully saturated rings. The second-order valence-electron chi connectivity index (χ2n) is 5.70. The third-order valence-corrected chi connectivity index (χ3v) is 4.75. The highest BCUT2D eigenvalue weighted by atomic mass is 32.2. The van der Waals surface area contributed by atoms with E-state index in [2.05, 4.69) is 18.7 Å². The van der Waals surface area contributed by atoms with Crippen molar-refractivity contribution in [2.24, 2.45) is 0 Å². The zero-order chi connectivity index (χ0) is 16.2. The lowest BCUT2D eigenvalue weighted by atomic mass is 10.2. The van der Waals surface area contributed by atoms with Crippen LogP contribution < -0.4 is 4.74 Å². The average molecular weight is 327 g/mol. The minimum absolute atomic E-state index is 0.283. The van der Waals surface area contributed by atoms with E-state index in [4.69, 9.17) is 9.47 Å². The molecule has 6 heteroatoms. The number of hydrogen-bond donors (Lipinski definition) is 0. The molecule has 0 saturated carbocycles. The van der Waals surface area contributed by atoms with E-state index in [9.17, 15) is 8.42 Å². The summed E-state index contributed by atoms with van der Waals surface area (Å²) >= 11 is 0. The zero-order valence-electron chi connectivity index (χ0n) is 13.5. The monoisotopic (exact) mass is 327 g/mol. The van der Waals surface area contributed by atoms with E-state index < -0.39 is 9.84 Å². The van der Waals surface area contributed by atoms with Gasteiger partial charge in [0.15, 0.2) is 9.84 Å². The molecule has 0 bridgehead atoms. The fourth-order valence-electron chi connectivity index (χ4n) is 2.58. The average Bonchev–Trinajstić information content (AvgIpc) is 2.46. The van der Waals surface area contributed by atoms with Crippen LogP contribution >= 0.6 is 0 Å². The van der Waals surface area contributed by atoms with Gasteiger partial charge in [-0.15, -0.1) is 0 Å². The molecule has 1 atom stereocenters. The van der Waals surface area contributed by atoms with Gasteiger partial charge >= 0.3 is 0 Å². The summed E-state index contributed by atoms with van der Waals surface area (Å²) in [5.41, 5.74) is 0.890. The smallest absolute Gasteiger partial charge is 0.213 e. The molecule has 124 valence electrons. The van der Waals surface area contributed by atoms with Crippen molar-refractivity contribution >= 4 is 9.84 Å². The van der Waals surface area contributed by atoms with Crippen molar-refractivity contribution in [2.45, 2.75) is 44.5 Å². The van der Waals surface area contributed by atoms with Gasteiger partial charge in [0, 0.05) is 11.8 Å². The van der Waals surface area contributed by atoms with E-state index in [1.165, 1.54) is 6.26 Å². The Morgan fingerprint density at radius 2 is 1.91 bits per heavy atom. The molecule has 0 radical (unpaired) electrons. The molecule has 0 amide bonds. The fraction of sp³-hybridized carbons (Fsp3) is 0.625. The number of ether oxygens (including phenoxy) is 2. The van der Waals surface area contributed by atoms with Crippen molar-refractivity contribution in [1.29, 1.82) is 0 Å². The Kier molecular flexibility index (Phi) is 5.83. The summed E-state index contributed by atoms with van der Waals surface area (Å²) in [6, 6.07) is 4.96. The van der Waals surface area contributed by atoms with Crippen molar-refractivity contribution in [3.8, 4) is 5.75 Å². The van der Waals surface area contributed by atoms with Crippen molar-refractivity contribution in [3.05, 3.63) is 23.8 Å². The number of hydrogen-bond acceptors (Lipinski definition) is 5. The van der Waals surface area contributed by atoms with Crippen LogP contribution in [-0.2, 0) is 21.2 Å². The van der Waals surface area contributed by atoms with Gasteiger partial charge < -0.3 is 9.47 Å². The van der Waals surface area contributed by atoms with E-state index in [0.717, 1.165) is 31.5 Å². The molecule has 1 aliphatic heterocycles. The number of benzene rings is 1. The summed E-state index contributed by atoms with van der Waals surface area (Å²) in [6.45, 7) is 7.47. The first-order valence-corrected chi connectivity index (χ1v) is 9.66. The van der Waals surface area contributed by atoms with E-state index in [1.807, 2.05) is 0 Å². The van der Waals surface area contributed by atoms with Gasteiger partial charge in [-0.25, -0.2) is 8.42 Å². The van der Waals surface area contributed by atoms with Gasteiger partial charge in [-0.2, -0.15) is 0 Å². The standard InChI is InChI=1S/C16H25NO4S/c1-4-8-17(9-5-2)11-16-20-12-13-6-7-14(22(3,18)19)10-15(13)21-16/h6-7,10,16H,4-5,8-9,11-12H2,1-3H3. The number of sulfone groups is 1. The van der Waals surface area contributed by atoms with Gasteiger partial charge in [-0.05, 0) is 38.1 Å². The Bertz CT molecular complexity index is 594. The lowest BCUT2D eigenvalue weighted by Gasteiger charge is -2.31. The van der Waals surface area contributed by atoms with Gasteiger partial charge in [0.05, 0.1) is 18.0 Å². The molecular weight excluding hydrogens is 302 g/mol. The predicted octanol–water partition coefficient (Wildman–Crippen LogP) is 2.45. The Hall–Kier alpha value is -1.11. The maximum atomic E-state index is 11.7. The molecule has 0 aromatic heterocycles. The van der Waals surface area contributed by atoms with Crippen LogP contribution in [0.2, 0.25) is 0 Å². The summed E-state index contributed by atoms with van der Waals surface area (Å²) in [7, 11) is -3.23. The molecular formula is C16H25NO4S. The first kappa shape index (κ1) is 17.2. The van der Waals surface area contributed by atoms with Crippen LogP contribution in [0, 0.1) is 0 Å². The summed E-state index contributed by atoms with van der Waals surface area (Å²) in [4.78, 5) is 2.60. The van der Waals surface area contributed by atoms with Gasteiger partial charge in [0.25, 0.3) is 0 Å². The van der Waals surface area contributed by atoms with Crippen molar-refractivity contribution < 1.29 is 17.9 Å². The molecule has 0 N–H and O–H groups in total. The molecule has 1 unspecified atom stereocenters. The van der Waals surface area contributed by atoms with Crippen LogP contribution in [0.4, 0.5) is 0 Å². The van der Waals surface area contributed by atoms with E-state index in [-0.39, 0.29) is 11.2 Å². The Morgan fingerprint density at radius 1 is 1.23 bits per heavy atom. The Morgan fingerprint density at radius 3 is 2.50 bits per heavy atom. The van der Waals surface area contributed by atoms with Gasteiger partial charge in [0.1, 0.15) is 5.75 Å². The van der Waals surface area contributed by atoms with Crippen LogP contribution in [0.1, 0.15) is 32.3 Å². The second-order valence-corrected chi connectivity index (χ2v) is 7.72. The Labute approximate surface area is 133 Å². The molecule has 0 aliphatic carbocycles. The van der Waals surface area contributed by atoms with E-state index >= 15 is 0 Å². The Balaban J connectivity index is 2.09. The predicted molar refractivity (Wildman–Crippen MR) is 85.8 cm³/mol. The first-order chi connectivity index (χ1) is 10.4. The molecule has 0 spiro atoms. The highest BCUT2D eigenvalue weighted by Gasteiger charge is 2.23. The molecule has 0 saturated heterocycles. The summed E-state index contributed by atoms with van der Waals surface area (Å²) in [5.74, 6) is 0.618. The number of nitrogens with zero attached hydrogens (tertiary/aromatic N) is 1. The van der Waals surface area contributed by atoms with E-state index in [0.29, 0.717) is 18.9 Å². The van der Waals surface area contributed by atoms with Gasteiger partial charge in [-0.3, -0.25) is 4.90 Å². The third-order valence-electron chi connectivity index (χ3n) is 3.64. The molecule has 22 heavy (non-hydrogen) atoms. The fourth-order valence-corrected chi connectivity index (χ4v) is 3.22. The molecule has 1 aromatic rings.